The summed E-state index contributed by atoms with van der Waals surface area (Å²) < 4.78 is 13.5. The number of carboxylic acid groups (broad SMARTS) is 1. The van der Waals surface area contributed by atoms with E-state index in [2.05, 4.69) is 4.98 Å². The van der Waals surface area contributed by atoms with Crippen molar-refractivity contribution in [1.29, 1.82) is 0 Å². The van der Waals surface area contributed by atoms with E-state index >= 15 is 0 Å². The van der Waals surface area contributed by atoms with Crippen molar-refractivity contribution < 1.29 is 14.3 Å². The standard InChI is InChI=1S/C13H7Cl3FNO2/c14-6-3-7(13(16)8(15)4-6)10-2-1-9(17)11(18-10)5-12(19)20/h1-4H,5H2,(H,19,20). The van der Waals surface area contributed by atoms with Gasteiger partial charge in [0.25, 0.3) is 0 Å². The summed E-state index contributed by atoms with van der Waals surface area (Å²) in [6.07, 6.45) is -0.522. The smallest absolute Gasteiger partial charge is 0.309 e. The van der Waals surface area contributed by atoms with Crippen molar-refractivity contribution in [2.24, 2.45) is 0 Å². The van der Waals surface area contributed by atoms with Crippen LogP contribution in [-0.4, -0.2) is 16.1 Å². The molecule has 1 aromatic heterocycles. The molecule has 7 heteroatoms. The van der Waals surface area contributed by atoms with Crippen molar-refractivity contribution in [1.82, 2.24) is 4.98 Å². The number of halogens is 4. The van der Waals surface area contributed by atoms with Gasteiger partial charge in [-0.15, -0.1) is 0 Å². The Kier molecular flexibility index (Phi) is 4.48. The van der Waals surface area contributed by atoms with E-state index in [1.807, 2.05) is 0 Å². The predicted molar refractivity (Wildman–Crippen MR) is 76.0 cm³/mol. The summed E-state index contributed by atoms with van der Waals surface area (Å²) in [5, 5.41) is 9.52. The molecule has 0 radical (unpaired) electrons. The average molecular weight is 335 g/mol. The normalized spacial score (nSPS) is 10.6. The van der Waals surface area contributed by atoms with E-state index in [9.17, 15) is 9.18 Å². The van der Waals surface area contributed by atoms with Gasteiger partial charge in [-0.2, -0.15) is 0 Å². The number of benzene rings is 1. The van der Waals surface area contributed by atoms with Gasteiger partial charge < -0.3 is 5.11 Å². The molecule has 0 fully saturated rings. The third kappa shape index (κ3) is 3.20. The summed E-state index contributed by atoms with van der Waals surface area (Å²) >= 11 is 17.9. The van der Waals surface area contributed by atoms with Crippen LogP contribution >= 0.6 is 34.8 Å². The maximum Gasteiger partial charge on any atom is 0.309 e. The molecular formula is C13H7Cl3FNO2. The minimum Gasteiger partial charge on any atom is -0.481 e. The summed E-state index contributed by atoms with van der Waals surface area (Å²) in [6.45, 7) is 0. The zero-order valence-corrected chi connectivity index (χ0v) is 12.1. The number of nitrogens with zero attached hydrogens (tertiary/aromatic N) is 1. The fourth-order valence-electron chi connectivity index (χ4n) is 1.64. The molecular weight excluding hydrogens is 328 g/mol. The summed E-state index contributed by atoms with van der Waals surface area (Å²) in [4.78, 5) is 14.6. The summed E-state index contributed by atoms with van der Waals surface area (Å²) in [7, 11) is 0. The Bertz CT molecular complexity index is 692. The monoisotopic (exact) mass is 333 g/mol. The van der Waals surface area contributed by atoms with Gasteiger partial charge in [0.2, 0.25) is 0 Å². The zero-order chi connectivity index (χ0) is 14.9. The molecule has 0 unspecified atom stereocenters. The average Bonchev–Trinajstić information content (AvgIpc) is 2.36. The van der Waals surface area contributed by atoms with E-state index < -0.39 is 18.2 Å². The van der Waals surface area contributed by atoms with E-state index in [0.717, 1.165) is 6.07 Å². The lowest BCUT2D eigenvalue weighted by Gasteiger charge is -2.08. The van der Waals surface area contributed by atoms with Crippen molar-refractivity contribution in [2.75, 3.05) is 0 Å². The second-order valence-corrected chi connectivity index (χ2v) is 5.17. The van der Waals surface area contributed by atoms with Gasteiger partial charge in [-0.1, -0.05) is 34.8 Å². The molecule has 0 spiro atoms. The molecule has 3 nitrogen and oxygen atoms in total. The number of pyridine rings is 1. The Hall–Kier alpha value is -1.36. The van der Waals surface area contributed by atoms with Crippen LogP contribution in [0.3, 0.4) is 0 Å². The largest absolute Gasteiger partial charge is 0.481 e. The maximum absolute atomic E-state index is 13.5. The SMILES string of the molecule is O=C(O)Cc1nc(-c2cc(Cl)cc(Cl)c2Cl)ccc1F. The van der Waals surface area contributed by atoms with Crippen LogP contribution in [0.1, 0.15) is 5.69 Å². The summed E-state index contributed by atoms with van der Waals surface area (Å²) in [5.41, 5.74) is 0.537. The number of rotatable bonds is 3. The molecule has 1 heterocycles. The Morgan fingerprint density at radius 1 is 1.25 bits per heavy atom. The summed E-state index contributed by atoms with van der Waals surface area (Å²) in [6, 6.07) is 5.51. The van der Waals surface area contributed by atoms with Gasteiger partial charge in [0.1, 0.15) is 5.82 Å². The van der Waals surface area contributed by atoms with Gasteiger partial charge in [0, 0.05) is 10.6 Å². The first-order valence-corrected chi connectivity index (χ1v) is 6.54. The zero-order valence-electron chi connectivity index (χ0n) is 9.83. The molecule has 0 aliphatic heterocycles. The molecule has 0 amide bonds. The Balaban J connectivity index is 2.56. The molecule has 1 aromatic carbocycles. The fourth-order valence-corrected chi connectivity index (χ4v) is 2.34. The number of aliphatic carboxylic acids is 1. The van der Waals surface area contributed by atoms with Gasteiger partial charge in [-0.3, -0.25) is 4.79 Å². The lowest BCUT2D eigenvalue weighted by molar-refractivity contribution is -0.136. The predicted octanol–water partition coefficient (Wildman–Crippen LogP) is 4.48. The van der Waals surface area contributed by atoms with Crippen molar-refractivity contribution in [3.63, 3.8) is 0 Å². The Morgan fingerprint density at radius 2 is 1.95 bits per heavy atom. The highest BCUT2D eigenvalue weighted by molar-refractivity contribution is 6.45. The quantitative estimate of drug-likeness (QED) is 0.842. The molecule has 104 valence electrons. The van der Waals surface area contributed by atoms with Crippen LogP contribution in [-0.2, 0) is 11.2 Å². The van der Waals surface area contributed by atoms with Crippen molar-refractivity contribution >= 4 is 40.8 Å². The molecule has 0 aliphatic rings. The van der Waals surface area contributed by atoms with Crippen LogP contribution in [0, 0.1) is 5.82 Å². The first kappa shape index (κ1) is 15.0. The van der Waals surface area contributed by atoms with Gasteiger partial charge in [0.15, 0.2) is 0 Å². The minimum atomic E-state index is -1.18. The highest BCUT2D eigenvalue weighted by atomic mass is 35.5. The molecule has 1 N–H and O–H groups in total. The van der Waals surface area contributed by atoms with Crippen molar-refractivity contribution in [2.45, 2.75) is 6.42 Å². The summed E-state index contributed by atoms with van der Waals surface area (Å²) in [5.74, 6) is -1.87. The van der Waals surface area contributed by atoms with Crippen molar-refractivity contribution in [3.8, 4) is 11.3 Å². The first-order valence-electron chi connectivity index (χ1n) is 5.40. The highest BCUT2D eigenvalue weighted by Crippen LogP contribution is 2.35. The number of hydrogen-bond acceptors (Lipinski definition) is 2. The number of aromatic nitrogens is 1. The van der Waals surface area contributed by atoms with Gasteiger partial charge in [-0.05, 0) is 24.3 Å². The Morgan fingerprint density at radius 3 is 2.60 bits per heavy atom. The molecule has 0 bridgehead atoms. The van der Waals surface area contributed by atoms with E-state index in [1.54, 1.807) is 0 Å². The molecule has 0 atom stereocenters. The van der Waals surface area contributed by atoms with E-state index in [4.69, 9.17) is 39.9 Å². The van der Waals surface area contributed by atoms with Crippen LogP contribution in [0.25, 0.3) is 11.3 Å². The lowest BCUT2D eigenvalue weighted by atomic mass is 10.1. The first-order chi connectivity index (χ1) is 9.38. The van der Waals surface area contributed by atoms with E-state index in [-0.39, 0.29) is 15.7 Å². The van der Waals surface area contributed by atoms with Crippen LogP contribution in [0.5, 0.6) is 0 Å². The fraction of sp³-hybridized carbons (Fsp3) is 0.0769. The number of carboxylic acids is 1. The topological polar surface area (TPSA) is 50.2 Å². The third-order valence-electron chi connectivity index (χ3n) is 2.51. The second-order valence-electron chi connectivity index (χ2n) is 3.94. The lowest BCUT2D eigenvalue weighted by Crippen LogP contribution is -2.05. The molecule has 0 saturated carbocycles. The minimum absolute atomic E-state index is 0.179. The molecule has 2 aromatic rings. The third-order valence-corrected chi connectivity index (χ3v) is 3.53. The second kappa shape index (κ2) is 5.95. The van der Waals surface area contributed by atoms with Gasteiger partial charge in [0.05, 0.1) is 27.9 Å². The van der Waals surface area contributed by atoms with Gasteiger partial charge >= 0.3 is 5.97 Å². The molecule has 20 heavy (non-hydrogen) atoms. The van der Waals surface area contributed by atoms with E-state index in [0.29, 0.717) is 16.3 Å². The van der Waals surface area contributed by atoms with Crippen molar-refractivity contribution in [3.05, 3.63) is 50.8 Å². The molecule has 0 aliphatic carbocycles. The highest BCUT2D eigenvalue weighted by Gasteiger charge is 2.14. The van der Waals surface area contributed by atoms with Gasteiger partial charge in [-0.25, -0.2) is 9.37 Å². The van der Waals surface area contributed by atoms with Crippen LogP contribution in [0.4, 0.5) is 4.39 Å². The van der Waals surface area contributed by atoms with E-state index in [1.165, 1.54) is 18.2 Å². The van der Waals surface area contributed by atoms with Crippen LogP contribution in [0.15, 0.2) is 24.3 Å². The van der Waals surface area contributed by atoms with Crippen LogP contribution < -0.4 is 0 Å². The maximum atomic E-state index is 13.5. The number of hydrogen-bond donors (Lipinski definition) is 1. The van der Waals surface area contributed by atoms with Crippen LogP contribution in [0.2, 0.25) is 15.1 Å². The Labute approximate surface area is 128 Å². The molecule has 2 rings (SSSR count). The molecule has 0 saturated heterocycles. The number of carbonyl (C=O) groups is 1.